The summed E-state index contributed by atoms with van der Waals surface area (Å²) < 4.78 is 5.74. The first-order valence-corrected chi connectivity index (χ1v) is 8.28. The van der Waals surface area contributed by atoms with Gasteiger partial charge in [0.2, 0.25) is 0 Å². The average Bonchev–Trinajstić information content (AvgIpc) is 3.23. The quantitative estimate of drug-likeness (QED) is 0.563. The van der Waals surface area contributed by atoms with Crippen molar-refractivity contribution in [2.75, 3.05) is 5.01 Å². The van der Waals surface area contributed by atoms with Crippen molar-refractivity contribution in [3.63, 3.8) is 0 Å². The Morgan fingerprint density at radius 2 is 1.65 bits per heavy atom. The zero-order chi connectivity index (χ0) is 18.1. The Morgan fingerprint density at radius 3 is 2.42 bits per heavy atom. The zero-order valence-corrected chi connectivity index (χ0v) is 14.2. The number of carbonyl (C=O) groups excluding carboxylic acids is 2. The van der Waals surface area contributed by atoms with Crippen LogP contribution < -0.4 is 10.4 Å². The molecule has 0 spiro atoms. The number of hydrogen-bond acceptors (Lipinski definition) is 3. The van der Waals surface area contributed by atoms with Gasteiger partial charge in [0.25, 0.3) is 11.8 Å². The standard InChI is InChI=1S/C20H13ClN2O3/c21-17-9-5-4-8-15(17)18-11-10-14(26-18)12-16-19(24)22-23(20(16)25)13-6-2-1-3-7-13/h1-12H,(H,22,24)/b16-12-. The van der Waals surface area contributed by atoms with Gasteiger partial charge in [-0.3, -0.25) is 15.0 Å². The molecule has 4 rings (SSSR count). The minimum atomic E-state index is -0.477. The molecule has 6 heteroatoms. The second-order valence-electron chi connectivity index (χ2n) is 5.66. The van der Waals surface area contributed by atoms with Crippen LogP contribution in [0.1, 0.15) is 5.76 Å². The van der Waals surface area contributed by atoms with Crippen molar-refractivity contribution in [3.8, 4) is 11.3 Å². The van der Waals surface area contributed by atoms with Crippen LogP contribution in [0.15, 0.2) is 76.7 Å². The fourth-order valence-corrected chi connectivity index (χ4v) is 2.92. The summed E-state index contributed by atoms with van der Waals surface area (Å²) in [5.41, 5.74) is 3.89. The molecule has 1 aliphatic rings. The lowest BCUT2D eigenvalue weighted by Gasteiger charge is -2.13. The lowest BCUT2D eigenvalue weighted by molar-refractivity contribution is -0.117. The molecule has 5 nitrogen and oxygen atoms in total. The van der Waals surface area contributed by atoms with E-state index in [-0.39, 0.29) is 5.57 Å². The molecule has 2 aromatic carbocycles. The molecule has 0 atom stereocenters. The van der Waals surface area contributed by atoms with Crippen LogP contribution in [0.3, 0.4) is 0 Å². The highest BCUT2D eigenvalue weighted by Gasteiger charge is 2.34. The summed E-state index contributed by atoms with van der Waals surface area (Å²) in [7, 11) is 0. The van der Waals surface area contributed by atoms with Crippen LogP contribution in [0.5, 0.6) is 0 Å². The molecule has 0 aliphatic carbocycles. The highest BCUT2D eigenvalue weighted by atomic mass is 35.5. The lowest BCUT2D eigenvalue weighted by atomic mass is 10.2. The number of hydrazine groups is 1. The average molecular weight is 365 g/mol. The molecule has 0 radical (unpaired) electrons. The van der Waals surface area contributed by atoms with Crippen molar-refractivity contribution < 1.29 is 14.0 Å². The Morgan fingerprint density at radius 1 is 0.923 bits per heavy atom. The van der Waals surface area contributed by atoms with E-state index in [2.05, 4.69) is 5.43 Å². The summed E-state index contributed by atoms with van der Waals surface area (Å²) in [6.07, 6.45) is 1.43. The third kappa shape index (κ3) is 2.89. The van der Waals surface area contributed by atoms with Gasteiger partial charge in [0, 0.05) is 5.56 Å². The van der Waals surface area contributed by atoms with Crippen LogP contribution in [-0.2, 0) is 9.59 Å². The van der Waals surface area contributed by atoms with Crippen LogP contribution >= 0.6 is 11.6 Å². The number of hydrogen-bond donors (Lipinski definition) is 1. The fourth-order valence-electron chi connectivity index (χ4n) is 2.69. The Bertz CT molecular complexity index is 1020. The first-order valence-electron chi connectivity index (χ1n) is 7.90. The normalized spacial score (nSPS) is 15.6. The van der Waals surface area contributed by atoms with E-state index in [1.807, 2.05) is 24.3 Å². The van der Waals surface area contributed by atoms with E-state index < -0.39 is 11.8 Å². The summed E-state index contributed by atoms with van der Waals surface area (Å²) in [4.78, 5) is 24.8. The van der Waals surface area contributed by atoms with Crippen molar-refractivity contribution in [2.24, 2.45) is 0 Å². The van der Waals surface area contributed by atoms with Gasteiger partial charge in [-0.2, -0.15) is 0 Å². The second kappa shape index (κ2) is 6.54. The third-order valence-corrected chi connectivity index (χ3v) is 4.29. The van der Waals surface area contributed by atoms with Gasteiger partial charge in [0.15, 0.2) is 0 Å². The number of carbonyl (C=O) groups is 2. The van der Waals surface area contributed by atoms with Gasteiger partial charge in [-0.15, -0.1) is 0 Å². The molecule has 2 amide bonds. The molecule has 1 N–H and O–H groups in total. The largest absolute Gasteiger partial charge is 0.457 e. The fraction of sp³-hybridized carbons (Fsp3) is 0. The lowest BCUT2D eigenvalue weighted by Crippen LogP contribution is -2.35. The predicted octanol–water partition coefficient (Wildman–Crippen LogP) is 4.06. The molecule has 3 aromatic rings. The Hall–Kier alpha value is -3.31. The van der Waals surface area contributed by atoms with Gasteiger partial charge in [-0.05, 0) is 42.5 Å². The molecule has 128 valence electrons. The minimum absolute atomic E-state index is 0.00825. The van der Waals surface area contributed by atoms with Gasteiger partial charge in [-0.1, -0.05) is 41.9 Å². The number of rotatable bonds is 3. The molecule has 2 heterocycles. The van der Waals surface area contributed by atoms with Gasteiger partial charge in [0.1, 0.15) is 17.1 Å². The molecule has 0 unspecified atom stereocenters. The number of furan rings is 1. The Labute approximate surface area is 154 Å². The topological polar surface area (TPSA) is 62.6 Å². The summed E-state index contributed by atoms with van der Waals surface area (Å²) in [5.74, 6) is 0.0491. The van der Waals surface area contributed by atoms with E-state index in [9.17, 15) is 9.59 Å². The molecular weight excluding hydrogens is 352 g/mol. The van der Waals surface area contributed by atoms with Gasteiger partial charge in [0.05, 0.1) is 10.7 Å². The van der Waals surface area contributed by atoms with Gasteiger partial charge >= 0.3 is 0 Å². The smallest absolute Gasteiger partial charge is 0.282 e. The highest BCUT2D eigenvalue weighted by molar-refractivity contribution is 6.33. The molecule has 0 bridgehead atoms. The highest BCUT2D eigenvalue weighted by Crippen LogP contribution is 2.30. The summed E-state index contributed by atoms with van der Waals surface area (Å²) in [5, 5.41) is 1.78. The van der Waals surface area contributed by atoms with Crippen molar-refractivity contribution in [1.29, 1.82) is 0 Å². The minimum Gasteiger partial charge on any atom is -0.457 e. The molecular formula is C20H13ClN2O3. The van der Waals surface area contributed by atoms with Crippen LogP contribution in [0.25, 0.3) is 17.4 Å². The van der Waals surface area contributed by atoms with Crippen LogP contribution in [0.2, 0.25) is 5.02 Å². The number of anilines is 1. The van der Waals surface area contributed by atoms with Crippen LogP contribution in [-0.4, -0.2) is 11.8 Å². The third-order valence-electron chi connectivity index (χ3n) is 3.96. The molecule has 26 heavy (non-hydrogen) atoms. The van der Waals surface area contributed by atoms with Crippen molar-refractivity contribution >= 4 is 35.2 Å². The van der Waals surface area contributed by atoms with Gasteiger partial charge < -0.3 is 4.42 Å². The molecule has 1 aromatic heterocycles. The Balaban J connectivity index is 1.64. The van der Waals surface area contributed by atoms with E-state index >= 15 is 0 Å². The number of benzene rings is 2. The Kier molecular flexibility index (Phi) is 4.07. The number of halogens is 1. The van der Waals surface area contributed by atoms with E-state index in [1.54, 1.807) is 42.5 Å². The second-order valence-corrected chi connectivity index (χ2v) is 6.06. The maximum absolute atomic E-state index is 12.6. The maximum atomic E-state index is 12.6. The van der Waals surface area contributed by atoms with Crippen LogP contribution in [0.4, 0.5) is 5.69 Å². The van der Waals surface area contributed by atoms with E-state index in [0.717, 1.165) is 5.56 Å². The summed E-state index contributed by atoms with van der Waals surface area (Å²) in [6, 6.07) is 19.6. The monoisotopic (exact) mass is 364 g/mol. The predicted molar refractivity (Wildman–Crippen MR) is 99.2 cm³/mol. The molecule has 1 aliphatic heterocycles. The number of nitrogens with one attached hydrogen (secondary N) is 1. The first kappa shape index (κ1) is 16.2. The van der Waals surface area contributed by atoms with Crippen molar-refractivity contribution in [1.82, 2.24) is 5.43 Å². The zero-order valence-electron chi connectivity index (χ0n) is 13.5. The first-order chi connectivity index (χ1) is 12.6. The number of para-hydroxylation sites is 1. The summed E-state index contributed by atoms with van der Waals surface area (Å²) >= 11 is 6.17. The SMILES string of the molecule is O=C1NN(c2ccccc2)C(=O)/C1=C\c1ccc(-c2ccccc2Cl)o1. The molecule has 1 fully saturated rings. The number of amides is 2. The molecule has 0 saturated carbocycles. The van der Waals surface area contributed by atoms with Gasteiger partial charge in [-0.25, -0.2) is 5.01 Å². The van der Waals surface area contributed by atoms with Crippen molar-refractivity contribution in [3.05, 3.63) is 83.1 Å². The maximum Gasteiger partial charge on any atom is 0.282 e. The number of nitrogens with zero attached hydrogens (tertiary/aromatic N) is 1. The molecule has 1 saturated heterocycles. The van der Waals surface area contributed by atoms with Crippen molar-refractivity contribution in [2.45, 2.75) is 0 Å². The van der Waals surface area contributed by atoms with E-state index in [0.29, 0.717) is 22.2 Å². The van der Waals surface area contributed by atoms with E-state index in [1.165, 1.54) is 11.1 Å². The summed E-state index contributed by atoms with van der Waals surface area (Å²) in [6.45, 7) is 0. The van der Waals surface area contributed by atoms with E-state index in [4.69, 9.17) is 16.0 Å². The van der Waals surface area contributed by atoms with Crippen LogP contribution in [0, 0.1) is 0 Å².